The minimum atomic E-state index is -1.41. The molecule has 0 heterocycles. The Labute approximate surface area is 114 Å². The molecule has 1 rings (SSSR count). The summed E-state index contributed by atoms with van der Waals surface area (Å²) in [4.78, 5) is 20.9. The third kappa shape index (κ3) is 5.20. The molecule has 0 amide bonds. The van der Waals surface area contributed by atoms with E-state index in [0.717, 1.165) is 12.8 Å². The third-order valence-corrected chi connectivity index (χ3v) is 3.64. The van der Waals surface area contributed by atoms with Crippen molar-refractivity contribution in [3.8, 4) is 0 Å². The van der Waals surface area contributed by atoms with Crippen molar-refractivity contribution in [2.75, 3.05) is 0 Å². The van der Waals surface area contributed by atoms with Gasteiger partial charge >= 0.3 is 6.16 Å². The van der Waals surface area contributed by atoms with Gasteiger partial charge in [0.15, 0.2) is 0 Å². The zero-order valence-corrected chi connectivity index (χ0v) is 11.9. The molecule has 0 aromatic heterocycles. The summed E-state index contributed by atoms with van der Waals surface area (Å²) in [5.41, 5.74) is 0. The highest BCUT2D eigenvalue weighted by atomic mass is 17.2. The van der Waals surface area contributed by atoms with Crippen molar-refractivity contribution in [2.45, 2.75) is 52.4 Å². The fourth-order valence-electron chi connectivity index (χ4n) is 2.56. The van der Waals surface area contributed by atoms with E-state index >= 15 is 0 Å². The Morgan fingerprint density at radius 3 is 2.63 bits per heavy atom. The van der Waals surface area contributed by atoms with Gasteiger partial charge in [0, 0.05) is 0 Å². The number of rotatable bonds is 6. The Morgan fingerprint density at radius 2 is 2.11 bits per heavy atom. The van der Waals surface area contributed by atoms with Gasteiger partial charge in [0.2, 0.25) is 0 Å². The van der Waals surface area contributed by atoms with E-state index < -0.39 is 12.4 Å². The second kappa shape index (κ2) is 7.50. The van der Waals surface area contributed by atoms with Crippen molar-refractivity contribution in [3.05, 3.63) is 12.7 Å². The van der Waals surface area contributed by atoms with Gasteiger partial charge in [-0.2, -0.15) is 4.89 Å². The van der Waals surface area contributed by atoms with Crippen LogP contribution in [0.1, 0.15) is 40.0 Å². The molecule has 110 valence electrons. The zero-order valence-electron chi connectivity index (χ0n) is 11.9. The van der Waals surface area contributed by atoms with E-state index in [9.17, 15) is 4.79 Å². The molecule has 1 aliphatic rings. The topological polar surface area (TPSA) is 65.0 Å². The summed E-state index contributed by atoms with van der Waals surface area (Å²) in [6, 6.07) is 0. The second-order valence-corrected chi connectivity index (χ2v) is 5.54. The van der Waals surface area contributed by atoms with E-state index in [0.29, 0.717) is 17.8 Å². The van der Waals surface area contributed by atoms with Gasteiger partial charge in [-0.15, -0.1) is 0 Å². The molecule has 0 aromatic rings. The maximum absolute atomic E-state index is 10.4. The minimum absolute atomic E-state index is 0.0244. The normalized spacial score (nSPS) is 28.9. The average Bonchev–Trinajstić information content (AvgIpc) is 2.33. The SMILES string of the molecule is C=CC(OOC1CC(C)CCC1C(C)C)OC(=O)O. The van der Waals surface area contributed by atoms with E-state index in [2.05, 4.69) is 32.1 Å². The van der Waals surface area contributed by atoms with E-state index in [4.69, 9.17) is 14.9 Å². The smallest absolute Gasteiger partial charge is 0.450 e. The molecular weight excluding hydrogens is 248 g/mol. The highest BCUT2D eigenvalue weighted by Crippen LogP contribution is 2.35. The first kappa shape index (κ1) is 16.0. The molecule has 1 N–H and O–H groups in total. The molecule has 0 radical (unpaired) electrons. The van der Waals surface area contributed by atoms with Crippen LogP contribution in [0.2, 0.25) is 0 Å². The first-order valence-corrected chi connectivity index (χ1v) is 6.78. The van der Waals surface area contributed by atoms with Crippen LogP contribution in [0.5, 0.6) is 0 Å². The predicted molar refractivity (Wildman–Crippen MR) is 70.4 cm³/mol. The highest BCUT2D eigenvalue weighted by Gasteiger charge is 2.33. The number of hydrogen-bond donors (Lipinski definition) is 1. The molecule has 0 aliphatic heterocycles. The van der Waals surface area contributed by atoms with Gasteiger partial charge in [0.25, 0.3) is 6.29 Å². The van der Waals surface area contributed by atoms with Gasteiger partial charge in [-0.3, -0.25) is 0 Å². The van der Waals surface area contributed by atoms with Gasteiger partial charge in [-0.1, -0.05) is 33.8 Å². The Bertz CT molecular complexity index is 302. The summed E-state index contributed by atoms with van der Waals surface area (Å²) >= 11 is 0. The number of carboxylic acid groups (broad SMARTS) is 1. The average molecular weight is 272 g/mol. The van der Waals surface area contributed by atoms with Crippen LogP contribution in [0, 0.1) is 17.8 Å². The molecule has 0 spiro atoms. The summed E-state index contributed by atoms with van der Waals surface area (Å²) in [6.45, 7) is 9.96. The second-order valence-electron chi connectivity index (χ2n) is 5.54. The van der Waals surface area contributed by atoms with E-state index in [1.807, 2.05) is 0 Å². The van der Waals surface area contributed by atoms with Crippen molar-refractivity contribution in [1.82, 2.24) is 0 Å². The van der Waals surface area contributed by atoms with Crippen molar-refractivity contribution < 1.29 is 24.4 Å². The van der Waals surface area contributed by atoms with Crippen molar-refractivity contribution >= 4 is 6.16 Å². The summed E-state index contributed by atoms with van der Waals surface area (Å²) in [5.74, 6) is 1.52. The summed E-state index contributed by atoms with van der Waals surface area (Å²) in [6.07, 6.45) is 1.95. The van der Waals surface area contributed by atoms with Gasteiger partial charge in [-0.05, 0) is 36.7 Å². The maximum Gasteiger partial charge on any atom is 0.508 e. The highest BCUT2D eigenvalue weighted by molar-refractivity contribution is 5.57. The van der Waals surface area contributed by atoms with Crippen molar-refractivity contribution in [1.29, 1.82) is 0 Å². The lowest BCUT2D eigenvalue weighted by atomic mass is 9.75. The van der Waals surface area contributed by atoms with Crippen LogP contribution >= 0.6 is 0 Å². The van der Waals surface area contributed by atoms with E-state index in [1.165, 1.54) is 12.5 Å². The molecule has 0 bridgehead atoms. The molecule has 19 heavy (non-hydrogen) atoms. The van der Waals surface area contributed by atoms with Crippen LogP contribution in [-0.4, -0.2) is 23.7 Å². The van der Waals surface area contributed by atoms with Gasteiger partial charge in [0.05, 0.1) is 6.10 Å². The van der Waals surface area contributed by atoms with Crippen LogP contribution in [0.25, 0.3) is 0 Å². The summed E-state index contributed by atoms with van der Waals surface area (Å²) < 4.78 is 4.46. The van der Waals surface area contributed by atoms with E-state index in [-0.39, 0.29) is 6.10 Å². The zero-order chi connectivity index (χ0) is 14.4. The quantitative estimate of drug-likeness (QED) is 0.263. The monoisotopic (exact) mass is 272 g/mol. The lowest BCUT2D eigenvalue weighted by Gasteiger charge is -2.36. The molecule has 1 saturated carbocycles. The van der Waals surface area contributed by atoms with Crippen LogP contribution in [0.4, 0.5) is 4.79 Å². The Hall–Kier alpha value is -1.07. The molecule has 4 atom stereocenters. The van der Waals surface area contributed by atoms with Crippen LogP contribution in [-0.2, 0) is 14.5 Å². The fourth-order valence-corrected chi connectivity index (χ4v) is 2.56. The lowest BCUT2D eigenvalue weighted by molar-refractivity contribution is -0.390. The van der Waals surface area contributed by atoms with Gasteiger partial charge in [-0.25, -0.2) is 9.68 Å². The van der Waals surface area contributed by atoms with Crippen LogP contribution in [0.15, 0.2) is 12.7 Å². The Kier molecular flexibility index (Phi) is 6.31. The lowest BCUT2D eigenvalue weighted by Crippen LogP contribution is -2.35. The Morgan fingerprint density at radius 1 is 1.42 bits per heavy atom. The Balaban J connectivity index is 2.51. The largest absolute Gasteiger partial charge is 0.508 e. The first-order valence-electron chi connectivity index (χ1n) is 6.78. The molecule has 4 unspecified atom stereocenters. The maximum atomic E-state index is 10.4. The fraction of sp³-hybridized carbons (Fsp3) is 0.786. The molecule has 0 aromatic carbocycles. The minimum Gasteiger partial charge on any atom is -0.450 e. The summed E-state index contributed by atoms with van der Waals surface area (Å²) in [7, 11) is 0. The van der Waals surface area contributed by atoms with Crippen LogP contribution < -0.4 is 0 Å². The number of carbonyl (C=O) groups is 1. The van der Waals surface area contributed by atoms with E-state index in [1.54, 1.807) is 0 Å². The molecule has 1 aliphatic carbocycles. The third-order valence-electron chi connectivity index (χ3n) is 3.64. The molecule has 0 saturated heterocycles. The standard InChI is InChI=1S/C14H24O5/c1-5-13(17-14(15)16)19-18-12-8-10(4)6-7-11(12)9(2)3/h5,9-13H,1,6-8H2,2-4H3,(H,15,16). The number of ether oxygens (including phenoxy) is 1. The number of hydrogen-bond acceptors (Lipinski definition) is 4. The van der Waals surface area contributed by atoms with Crippen molar-refractivity contribution in [2.24, 2.45) is 17.8 Å². The first-order chi connectivity index (χ1) is 8.93. The molecule has 5 nitrogen and oxygen atoms in total. The van der Waals surface area contributed by atoms with Crippen LogP contribution in [0.3, 0.4) is 0 Å². The van der Waals surface area contributed by atoms with Gasteiger partial charge < -0.3 is 9.84 Å². The predicted octanol–water partition coefficient (Wildman–Crippen LogP) is 3.60. The molecule has 1 fully saturated rings. The van der Waals surface area contributed by atoms with Gasteiger partial charge in [0.1, 0.15) is 0 Å². The molecule has 5 heteroatoms. The summed E-state index contributed by atoms with van der Waals surface area (Å²) in [5, 5.41) is 8.53. The molecular formula is C14H24O5. The van der Waals surface area contributed by atoms with Crippen molar-refractivity contribution in [3.63, 3.8) is 0 Å².